The first-order valence-corrected chi connectivity index (χ1v) is 3.97. The van der Waals surface area contributed by atoms with Gasteiger partial charge in [-0.1, -0.05) is 6.58 Å². The lowest BCUT2D eigenvalue weighted by Crippen LogP contribution is -2.13. The molecule has 0 heterocycles. The first-order chi connectivity index (χ1) is 5.72. The molecule has 0 rings (SSSR count). The Morgan fingerprint density at radius 3 is 2.50 bits per heavy atom. The van der Waals surface area contributed by atoms with E-state index in [1.807, 2.05) is 0 Å². The average molecular weight is 172 g/mol. The van der Waals surface area contributed by atoms with Gasteiger partial charge in [-0.05, 0) is 25.9 Å². The van der Waals surface area contributed by atoms with Gasteiger partial charge in [-0.2, -0.15) is 0 Å². The van der Waals surface area contributed by atoms with Crippen LogP contribution >= 0.6 is 0 Å². The van der Waals surface area contributed by atoms with E-state index < -0.39 is 0 Å². The van der Waals surface area contributed by atoms with Crippen LogP contribution in [0.5, 0.6) is 0 Å². The van der Waals surface area contributed by atoms with Crippen LogP contribution in [0.15, 0.2) is 12.2 Å². The highest BCUT2D eigenvalue weighted by atomic mass is 16.5. The number of hydrogen-bond acceptors (Lipinski definition) is 4. The number of esters is 1. The number of carbonyl (C=O) groups excluding carboxylic acids is 1. The van der Waals surface area contributed by atoms with Crippen molar-refractivity contribution >= 4 is 5.97 Å². The molecule has 0 radical (unpaired) electrons. The van der Waals surface area contributed by atoms with E-state index in [-0.39, 0.29) is 5.97 Å². The van der Waals surface area contributed by atoms with Crippen LogP contribution in [0.2, 0.25) is 0 Å². The molecule has 0 aromatic rings. The van der Waals surface area contributed by atoms with Crippen molar-refractivity contribution in [2.24, 2.45) is 11.5 Å². The summed E-state index contributed by atoms with van der Waals surface area (Å²) in [6.45, 7) is 4.84. The van der Waals surface area contributed by atoms with Gasteiger partial charge in [0, 0.05) is 5.57 Å². The van der Waals surface area contributed by atoms with Gasteiger partial charge >= 0.3 is 5.97 Å². The SMILES string of the molecule is C=C(CCN)C(=O)OCCCN. The zero-order valence-electron chi connectivity index (χ0n) is 7.21. The van der Waals surface area contributed by atoms with E-state index in [1.165, 1.54) is 0 Å². The molecule has 4 heteroatoms. The minimum absolute atomic E-state index is 0.360. The first-order valence-electron chi connectivity index (χ1n) is 3.97. The molecule has 0 bridgehead atoms. The molecule has 0 unspecified atom stereocenters. The molecule has 4 nitrogen and oxygen atoms in total. The second-order valence-corrected chi connectivity index (χ2v) is 2.42. The maximum absolute atomic E-state index is 11.0. The Labute approximate surface area is 72.6 Å². The number of rotatable bonds is 6. The molecule has 0 saturated heterocycles. The average Bonchev–Trinajstić information content (AvgIpc) is 2.05. The minimum Gasteiger partial charge on any atom is -0.462 e. The van der Waals surface area contributed by atoms with E-state index in [0.29, 0.717) is 38.1 Å². The quantitative estimate of drug-likeness (QED) is 0.330. The van der Waals surface area contributed by atoms with E-state index in [9.17, 15) is 4.79 Å². The molecule has 12 heavy (non-hydrogen) atoms. The third-order valence-electron chi connectivity index (χ3n) is 1.32. The molecule has 0 aliphatic heterocycles. The summed E-state index contributed by atoms with van der Waals surface area (Å²) in [7, 11) is 0. The lowest BCUT2D eigenvalue weighted by atomic mass is 10.2. The molecule has 0 aromatic carbocycles. The fourth-order valence-electron chi connectivity index (χ4n) is 0.627. The van der Waals surface area contributed by atoms with Crippen LogP contribution in [0.1, 0.15) is 12.8 Å². The summed E-state index contributed by atoms with van der Waals surface area (Å²) < 4.78 is 4.82. The van der Waals surface area contributed by atoms with E-state index in [1.54, 1.807) is 0 Å². The van der Waals surface area contributed by atoms with Gasteiger partial charge in [-0.25, -0.2) is 4.79 Å². The lowest BCUT2D eigenvalue weighted by Gasteiger charge is -2.04. The highest BCUT2D eigenvalue weighted by molar-refractivity contribution is 5.87. The third kappa shape index (κ3) is 4.87. The fourth-order valence-corrected chi connectivity index (χ4v) is 0.627. The van der Waals surface area contributed by atoms with Crippen molar-refractivity contribution in [2.75, 3.05) is 19.7 Å². The van der Waals surface area contributed by atoms with Crippen LogP contribution in [0.25, 0.3) is 0 Å². The van der Waals surface area contributed by atoms with Crippen molar-refractivity contribution in [3.8, 4) is 0 Å². The smallest absolute Gasteiger partial charge is 0.333 e. The summed E-state index contributed by atoms with van der Waals surface area (Å²) in [4.78, 5) is 11.0. The first kappa shape index (κ1) is 11.1. The van der Waals surface area contributed by atoms with Crippen LogP contribution in [-0.2, 0) is 9.53 Å². The Kier molecular flexibility index (Phi) is 6.32. The molecule has 0 aliphatic carbocycles. The van der Waals surface area contributed by atoms with Crippen molar-refractivity contribution in [3.63, 3.8) is 0 Å². The van der Waals surface area contributed by atoms with Gasteiger partial charge in [-0.3, -0.25) is 0 Å². The van der Waals surface area contributed by atoms with E-state index in [0.717, 1.165) is 0 Å². The zero-order valence-corrected chi connectivity index (χ0v) is 7.21. The van der Waals surface area contributed by atoms with Gasteiger partial charge in [0.05, 0.1) is 6.61 Å². The van der Waals surface area contributed by atoms with Crippen molar-refractivity contribution in [1.82, 2.24) is 0 Å². The Morgan fingerprint density at radius 2 is 2.00 bits per heavy atom. The monoisotopic (exact) mass is 172 g/mol. The summed E-state index contributed by atoms with van der Waals surface area (Å²) in [5.41, 5.74) is 10.9. The van der Waals surface area contributed by atoms with Gasteiger partial charge in [0.15, 0.2) is 0 Å². The Hall–Kier alpha value is -0.870. The molecule has 4 N–H and O–H groups in total. The number of nitrogens with two attached hydrogens (primary N) is 2. The molecule has 0 aliphatic rings. The highest BCUT2D eigenvalue weighted by Crippen LogP contribution is 1.99. The summed E-state index contributed by atoms with van der Waals surface area (Å²) in [6, 6.07) is 0. The van der Waals surface area contributed by atoms with Gasteiger partial charge in [-0.15, -0.1) is 0 Å². The normalized spacial score (nSPS) is 9.50. The Balaban J connectivity index is 3.50. The number of ether oxygens (including phenoxy) is 1. The number of hydrogen-bond donors (Lipinski definition) is 2. The molecule has 0 saturated carbocycles. The van der Waals surface area contributed by atoms with Crippen molar-refractivity contribution < 1.29 is 9.53 Å². The maximum atomic E-state index is 11.0. The molecule has 0 spiro atoms. The fraction of sp³-hybridized carbons (Fsp3) is 0.625. The molecular weight excluding hydrogens is 156 g/mol. The van der Waals surface area contributed by atoms with Gasteiger partial charge in [0.25, 0.3) is 0 Å². The minimum atomic E-state index is -0.367. The zero-order chi connectivity index (χ0) is 9.40. The summed E-state index contributed by atoms with van der Waals surface area (Å²) in [5, 5.41) is 0. The largest absolute Gasteiger partial charge is 0.462 e. The summed E-state index contributed by atoms with van der Waals surface area (Å²) in [6.07, 6.45) is 1.17. The number of carbonyl (C=O) groups is 1. The summed E-state index contributed by atoms with van der Waals surface area (Å²) >= 11 is 0. The lowest BCUT2D eigenvalue weighted by molar-refractivity contribution is -0.139. The standard InChI is InChI=1S/C8H16N2O2/c1-7(3-5-10)8(11)12-6-2-4-9/h1-6,9-10H2. The molecule has 0 aromatic heterocycles. The topological polar surface area (TPSA) is 78.3 Å². The van der Waals surface area contributed by atoms with Crippen LogP contribution in [0.4, 0.5) is 0 Å². The molecule has 0 fully saturated rings. The van der Waals surface area contributed by atoms with Gasteiger partial charge in [0.1, 0.15) is 0 Å². The molecule has 0 atom stereocenters. The van der Waals surface area contributed by atoms with Crippen molar-refractivity contribution in [2.45, 2.75) is 12.8 Å². The predicted molar refractivity (Wildman–Crippen MR) is 47.4 cm³/mol. The molecular formula is C8H16N2O2. The predicted octanol–water partition coefficient (Wildman–Crippen LogP) is -0.217. The molecule has 0 amide bonds. The second kappa shape index (κ2) is 6.82. The van der Waals surface area contributed by atoms with Crippen molar-refractivity contribution in [3.05, 3.63) is 12.2 Å². The Bertz CT molecular complexity index is 157. The third-order valence-corrected chi connectivity index (χ3v) is 1.32. The summed E-state index contributed by atoms with van der Waals surface area (Å²) in [5.74, 6) is -0.367. The van der Waals surface area contributed by atoms with Crippen LogP contribution < -0.4 is 11.5 Å². The van der Waals surface area contributed by atoms with E-state index in [4.69, 9.17) is 16.2 Å². The van der Waals surface area contributed by atoms with E-state index >= 15 is 0 Å². The van der Waals surface area contributed by atoms with Gasteiger partial charge in [0.2, 0.25) is 0 Å². The highest BCUT2D eigenvalue weighted by Gasteiger charge is 2.05. The van der Waals surface area contributed by atoms with Crippen molar-refractivity contribution in [1.29, 1.82) is 0 Å². The second-order valence-electron chi connectivity index (χ2n) is 2.42. The van der Waals surface area contributed by atoms with Gasteiger partial charge < -0.3 is 16.2 Å². The van der Waals surface area contributed by atoms with Crippen LogP contribution in [0.3, 0.4) is 0 Å². The van der Waals surface area contributed by atoms with Crippen LogP contribution in [-0.4, -0.2) is 25.7 Å². The Morgan fingerprint density at radius 1 is 1.33 bits per heavy atom. The van der Waals surface area contributed by atoms with E-state index in [2.05, 4.69) is 6.58 Å². The maximum Gasteiger partial charge on any atom is 0.333 e. The molecule has 70 valence electrons. The van der Waals surface area contributed by atoms with Crippen LogP contribution in [0, 0.1) is 0 Å².